The fourth-order valence-electron chi connectivity index (χ4n) is 3.31. The molecule has 0 saturated carbocycles. The van der Waals surface area contributed by atoms with Gasteiger partial charge >= 0.3 is 6.03 Å². The van der Waals surface area contributed by atoms with E-state index in [4.69, 9.17) is 11.6 Å². The highest BCUT2D eigenvalue weighted by Crippen LogP contribution is 2.32. The number of carbonyl (C=O) groups is 2. The molecule has 0 bridgehead atoms. The van der Waals surface area contributed by atoms with Crippen molar-refractivity contribution in [2.24, 2.45) is 5.10 Å². The molecule has 1 aliphatic heterocycles. The molecule has 7 nitrogen and oxygen atoms in total. The van der Waals surface area contributed by atoms with Crippen molar-refractivity contribution in [2.75, 3.05) is 0 Å². The lowest BCUT2D eigenvalue weighted by molar-refractivity contribution is -0.131. The van der Waals surface area contributed by atoms with Crippen molar-refractivity contribution in [1.82, 2.24) is 20.1 Å². The zero-order valence-corrected chi connectivity index (χ0v) is 17.0. The van der Waals surface area contributed by atoms with E-state index in [-0.39, 0.29) is 0 Å². The second kappa shape index (κ2) is 8.14. The first-order valence-electron chi connectivity index (χ1n) is 9.43. The van der Waals surface area contributed by atoms with Crippen LogP contribution in [-0.2, 0) is 16.9 Å². The van der Waals surface area contributed by atoms with Gasteiger partial charge in [-0.25, -0.2) is 4.79 Å². The molecule has 28 heavy (non-hydrogen) atoms. The van der Waals surface area contributed by atoms with Gasteiger partial charge in [0.25, 0.3) is 5.91 Å². The maximum Gasteiger partial charge on any atom is 0.346 e. The van der Waals surface area contributed by atoms with Crippen LogP contribution in [0.2, 0.25) is 5.15 Å². The number of hydrazone groups is 1. The van der Waals surface area contributed by atoms with E-state index in [1.54, 1.807) is 4.68 Å². The summed E-state index contributed by atoms with van der Waals surface area (Å²) in [5.41, 5.74) is 0.920. The summed E-state index contributed by atoms with van der Waals surface area (Å²) < 4.78 is 1.72. The van der Waals surface area contributed by atoms with Crippen LogP contribution < -0.4 is 5.32 Å². The molecular weight excluding hydrogens is 378 g/mol. The van der Waals surface area contributed by atoms with Gasteiger partial charge in [-0.2, -0.15) is 10.2 Å². The minimum absolute atomic E-state index is 0.408. The second-order valence-corrected chi connectivity index (χ2v) is 7.14. The lowest BCUT2D eigenvalue weighted by Gasteiger charge is -2.24. The van der Waals surface area contributed by atoms with Crippen molar-refractivity contribution in [3.05, 3.63) is 52.3 Å². The molecule has 2 heterocycles. The number of imide groups is 1. The van der Waals surface area contributed by atoms with Gasteiger partial charge in [0.15, 0.2) is 0 Å². The number of carbonyl (C=O) groups excluding carboxylic acids is 2. The average Bonchev–Trinajstić information content (AvgIpc) is 3.12. The summed E-state index contributed by atoms with van der Waals surface area (Å²) >= 11 is 6.41. The van der Waals surface area contributed by atoms with Gasteiger partial charge in [0, 0.05) is 6.54 Å². The van der Waals surface area contributed by atoms with E-state index in [1.807, 2.05) is 44.2 Å². The summed E-state index contributed by atoms with van der Waals surface area (Å²) in [5.74, 6) is -0.408. The third-order valence-corrected chi connectivity index (χ3v) is 5.40. The Morgan fingerprint density at radius 1 is 1.25 bits per heavy atom. The van der Waals surface area contributed by atoms with Crippen LogP contribution in [0.25, 0.3) is 0 Å². The molecule has 1 N–H and O–H groups in total. The molecule has 148 valence electrons. The molecule has 1 saturated heterocycles. The number of amides is 3. The van der Waals surface area contributed by atoms with Crippen LogP contribution >= 0.6 is 11.6 Å². The molecule has 0 unspecified atom stereocenters. The van der Waals surface area contributed by atoms with Crippen molar-refractivity contribution in [3.8, 4) is 0 Å². The summed E-state index contributed by atoms with van der Waals surface area (Å²) in [4.78, 5) is 25.6. The number of aryl methyl sites for hydroxylation is 2. The molecule has 1 aromatic heterocycles. The van der Waals surface area contributed by atoms with Crippen molar-refractivity contribution in [3.63, 3.8) is 0 Å². The van der Waals surface area contributed by atoms with Crippen LogP contribution in [0.5, 0.6) is 0 Å². The van der Waals surface area contributed by atoms with Crippen molar-refractivity contribution >= 4 is 29.8 Å². The topological polar surface area (TPSA) is 79.6 Å². The number of nitrogens with one attached hydrogen (secondary N) is 1. The van der Waals surface area contributed by atoms with Gasteiger partial charge in [-0.3, -0.25) is 9.48 Å². The van der Waals surface area contributed by atoms with Crippen LogP contribution in [-0.4, -0.2) is 32.9 Å². The lowest BCUT2D eigenvalue weighted by atomic mass is 9.87. The molecular formula is C20H24ClN5O2. The van der Waals surface area contributed by atoms with E-state index in [9.17, 15) is 9.59 Å². The smallest absolute Gasteiger partial charge is 0.318 e. The third kappa shape index (κ3) is 3.42. The van der Waals surface area contributed by atoms with Gasteiger partial charge in [-0.05, 0) is 25.3 Å². The molecule has 0 aliphatic carbocycles. The molecule has 1 atom stereocenters. The number of rotatable bonds is 7. The second-order valence-electron chi connectivity index (χ2n) is 6.78. The average molecular weight is 402 g/mol. The quantitative estimate of drug-likeness (QED) is 0.565. The molecule has 0 spiro atoms. The highest BCUT2D eigenvalue weighted by Gasteiger charge is 2.51. The van der Waals surface area contributed by atoms with Crippen molar-refractivity contribution in [1.29, 1.82) is 0 Å². The van der Waals surface area contributed by atoms with Crippen LogP contribution in [0, 0.1) is 6.92 Å². The highest BCUT2D eigenvalue weighted by atomic mass is 35.5. The Hall–Kier alpha value is -2.67. The predicted octanol–water partition coefficient (Wildman–Crippen LogP) is 3.84. The SMILES string of the molecule is CCCCn1nc(C)c(/C=N\N2C(=O)N[C@](CC)(c3ccccc3)C2=O)c1Cl. The summed E-state index contributed by atoms with van der Waals surface area (Å²) in [6.07, 6.45) is 3.84. The monoisotopic (exact) mass is 401 g/mol. The summed E-state index contributed by atoms with van der Waals surface area (Å²) in [7, 11) is 0. The van der Waals surface area contributed by atoms with Crippen molar-refractivity contribution < 1.29 is 9.59 Å². The van der Waals surface area contributed by atoms with Gasteiger partial charge in [0.1, 0.15) is 10.7 Å². The van der Waals surface area contributed by atoms with Gasteiger partial charge in [-0.15, -0.1) is 5.01 Å². The minimum Gasteiger partial charge on any atom is -0.318 e. The molecule has 1 fully saturated rings. The zero-order chi connectivity index (χ0) is 20.3. The number of halogens is 1. The predicted molar refractivity (Wildman–Crippen MR) is 108 cm³/mol. The third-order valence-electron chi connectivity index (χ3n) is 5.00. The molecule has 2 aromatic rings. The van der Waals surface area contributed by atoms with E-state index in [1.165, 1.54) is 6.21 Å². The first-order valence-corrected chi connectivity index (χ1v) is 9.81. The number of aromatic nitrogens is 2. The van der Waals surface area contributed by atoms with E-state index in [0.717, 1.165) is 23.4 Å². The van der Waals surface area contributed by atoms with E-state index in [2.05, 4.69) is 22.4 Å². The lowest BCUT2D eigenvalue weighted by Crippen LogP contribution is -2.43. The molecule has 8 heteroatoms. The maximum absolute atomic E-state index is 13.1. The number of benzene rings is 1. The van der Waals surface area contributed by atoms with Crippen molar-refractivity contribution in [2.45, 2.75) is 52.1 Å². The largest absolute Gasteiger partial charge is 0.346 e. The van der Waals surface area contributed by atoms with E-state index in [0.29, 0.717) is 29.4 Å². The van der Waals surface area contributed by atoms with Crippen LogP contribution in [0.3, 0.4) is 0 Å². The number of hydrogen-bond acceptors (Lipinski definition) is 4. The molecule has 3 rings (SSSR count). The molecule has 0 radical (unpaired) electrons. The summed E-state index contributed by atoms with van der Waals surface area (Å²) in [5, 5.41) is 12.7. The molecule has 1 aromatic carbocycles. The fourth-order valence-corrected chi connectivity index (χ4v) is 3.62. The standard InChI is InChI=1S/C20H24ClN5O2/c1-4-6-12-25-17(21)16(14(3)24-25)13-22-26-18(27)20(5-2,23-19(26)28)15-10-8-7-9-11-15/h7-11,13H,4-6,12H2,1-3H3,(H,23,28)/b22-13-/t20-/m1/s1. The van der Waals surface area contributed by atoms with Crippen LogP contribution in [0.1, 0.15) is 49.9 Å². The Morgan fingerprint density at radius 3 is 2.61 bits per heavy atom. The number of nitrogens with zero attached hydrogens (tertiary/aromatic N) is 4. The van der Waals surface area contributed by atoms with E-state index >= 15 is 0 Å². The van der Waals surface area contributed by atoms with Crippen LogP contribution in [0.15, 0.2) is 35.4 Å². The first-order chi connectivity index (χ1) is 13.4. The van der Waals surface area contributed by atoms with Gasteiger partial charge in [0.2, 0.25) is 0 Å². The normalized spacial score (nSPS) is 19.6. The Morgan fingerprint density at radius 2 is 1.96 bits per heavy atom. The molecule has 3 amide bonds. The summed E-state index contributed by atoms with van der Waals surface area (Å²) in [6, 6.07) is 8.64. The Balaban J connectivity index is 1.88. The maximum atomic E-state index is 13.1. The van der Waals surface area contributed by atoms with Crippen LogP contribution in [0.4, 0.5) is 4.79 Å². The molecule has 1 aliphatic rings. The number of hydrogen-bond donors (Lipinski definition) is 1. The fraction of sp³-hybridized carbons (Fsp3) is 0.400. The van der Waals surface area contributed by atoms with Gasteiger partial charge in [0.05, 0.1) is 17.5 Å². The Kier molecular flexibility index (Phi) is 5.84. The van der Waals surface area contributed by atoms with E-state index < -0.39 is 17.5 Å². The Bertz CT molecular complexity index is 909. The Labute approximate surface area is 169 Å². The van der Waals surface area contributed by atoms with Gasteiger partial charge < -0.3 is 5.32 Å². The number of urea groups is 1. The minimum atomic E-state index is -1.11. The number of unbranched alkanes of at least 4 members (excludes halogenated alkanes) is 1. The first kappa shape index (κ1) is 20.1. The van der Waals surface area contributed by atoms with Gasteiger partial charge in [-0.1, -0.05) is 62.2 Å². The zero-order valence-electron chi connectivity index (χ0n) is 16.3. The summed E-state index contributed by atoms with van der Waals surface area (Å²) in [6.45, 7) is 6.48. The highest BCUT2D eigenvalue weighted by molar-refractivity contribution is 6.32.